The lowest BCUT2D eigenvalue weighted by molar-refractivity contribution is -0.116. The molecule has 0 aliphatic rings. The van der Waals surface area contributed by atoms with Gasteiger partial charge in [0, 0.05) is 36.4 Å². The Balaban J connectivity index is 1.59. The molecule has 3 aromatic rings. The van der Waals surface area contributed by atoms with Crippen molar-refractivity contribution in [2.45, 2.75) is 46.0 Å². The van der Waals surface area contributed by atoms with Gasteiger partial charge in [-0.2, -0.15) is 9.97 Å². The first kappa shape index (κ1) is 17.8. The molecule has 2 heterocycles. The smallest absolute Gasteiger partial charge is 0.227 e. The normalized spacial score (nSPS) is 11.5. The molecule has 1 amide bonds. The number of hydrogen-bond donors (Lipinski definition) is 1. The maximum Gasteiger partial charge on any atom is 0.227 e. The Hall–Kier alpha value is -3.03. The van der Waals surface area contributed by atoms with Crippen LogP contribution in [0.2, 0.25) is 0 Å². The Morgan fingerprint density at radius 1 is 1.15 bits per heavy atom. The maximum atomic E-state index is 12.2. The number of carbonyl (C=O) groups is 1. The number of benzene rings is 1. The van der Waals surface area contributed by atoms with Crippen LogP contribution in [0.3, 0.4) is 0 Å². The van der Waals surface area contributed by atoms with E-state index in [0.29, 0.717) is 35.5 Å². The van der Waals surface area contributed by atoms with Crippen LogP contribution in [0.1, 0.15) is 44.8 Å². The van der Waals surface area contributed by atoms with E-state index in [4.69, 9.17) is 9.05 Å². The van der Waals surface area contributed by atoms with Gasteiger partial charge < -0.3 is 14.4 Å². The third kappa shape index (κ3) is 4.33. The zero-order chi connectivity index (χ0) is 18.7. The fourth-order valence-electron chi connectivity index (χ4n) is 2.26. The van der Waals surface area contributed by atoms with Crippen LogP contribution in [-0.2, 0) is 16.6 Å². The van der Waals surface area contributed by atoms with Crippen molar-refractivity contribution < 1.29 is 13.8 Å². The molecule has 8 heteroatoms. The predicted octanol–water partition coefficient (Wildman–Crippen LogP) is 3.30. The quantitative estimate of drug-likeness (QED) is 0.748. The third-order valence-corrected chi connectivity index (χ3v) is 3.64. The Morgan fingerprint density at radius 3 is 2.62 bits per heavy atom. The van der Waals surface area contributed by atoms with Gasteiger partial charge in [0.15, 0.2) is 5.82 Å². The van der Waals surface area contributed by atoms with Crippen LogP contribution in [0.25, 0.3) is 11.4 Å². The monoisotopic (exact) mass is 355 g/mol. The number of amides is 1. The largest absolute Gasteiger partial charge is 0.339 e. The summed E-state index contributed by atoms with van der Waals surface area (Å²) in [6, 6.07) is 7.28. The first-order valence-electron chi connectivity index (χ1n) is 8.35. The molecule has 0 unspecified atom stereocenters. The van der Waals surface area contributed by atoms with Gasteiger partial charge in [-0.05, 0) is 12.1 Å². The second kappa shape index (κ2) is 7.07. The molecule has 1 aromatic carbocycles. The first-order chi connectivity index (χ1) is 12.3. The number of aromatic nitrogens is 4. The Kier molecular flexibility index (Phi) is 4.83. The second-order valence-corrected chi connectivity index (χ2v) is 7.03. The molecule has 2 aromatic heterocycles. The van der Waals surface area contributed by atoms with Gasteiger partial charge in [-0.3, -0.25) is 4.79 Å². The van der Waals surface area contributed by atoms with Crippen molar-refractivity contribution in [3.8, 4) is 11.4 Å². The van der Waals surface area contributed by atoms with E-state index in [1.165, 1.54) is 0 Å². The van der Waals surface area contributed by atoms with Gasteiger partial charge >= 0.3 is 0 Å². The molecule has 1 N–H and O–H groups in total. The van der Waals surface area contributed by atoms with Gasteiger partial charge in [-0.1, -0.05) is 43.2 Å². The minimum Gasteiger partial charge on any atom is -0.339 e. The summed E-state index contributed by atoms with van der Waals surface area (Å²) in [5.74, 6) is 1.93. The van der Waals surface area contributed by atoms with Crippen LogP contribution < -0.4 is 5.32 Å². The van der Waals surface area contributed by atoms with Gasteiger partial charge in [0.25, 0.3) is 0 Å². The van der Waals surface area contributed by atoms with E-state index in [1.807, 2.05) is 32.9 Å². The van der Waals surface area contributed by atoms with Crippen molar-refractivity contribution in [1.29, 1.82) is 0 Å². The summed E-state index contributed by atoms with van der Waals surface area (Å²) in [7, 11) is 0. The van der Waals surface area contributed by atoms with E-state index in [0.717, 1.165) is 5.56 Å². The number of nitrogens with zero attached hydrogens (tertiary/aromatic N) is 4. The number of nitrogens with one attached hydrogen (secondary N) is 1. The molecular weight excluding hydrogens is 334 g/mol. The molecule has 0 aliphatic heterocycles. The highest BCUT2D eigenvalue weighted by Crippen LogP contribution is 2.21. The van der Waals surface area contributed by atoms with Crippen molar-refractivity contribution >= 4 is 11.6 Å². The second-order valence-electron chi connectivity index (χ2n) is 7.03. The fraction of sp³-hybridized carbons (Fsp3) is 0.389. The average molecular weight is 355 g/mol. The highest BCUT2D eigenvalue weighted by molar-refractivity contribution is 5.91. The van der Waals surface area contributed by atoms with Crippen LogP contribution in [0.4, 0.5) is 5.69 Å². The first-order valence-corrected chi connectivity index (χ1v) is 8.35. The van der Waals surface area contributed by atoms with Crippen molar-refractivity contribution in [3.63, 3.8) is 0 Å². The van der Waals surface area contributed by atoms with Crippen molar-refractivity contribution in [1.82, 2.24) is 20.3 Å². The van der Waals surface area contributed by atoms with Crippen LogP contribution >= 0.6 is 0 Å². The number of anilines is 1. The maximum absolute atomic E-state index is 12.2. The molecule has 0 radical (unpaired) electrons. The summed E-state index contributed by atoms with van der Waals surface area (Å²) < 4.78 is 10.2. The number of aryl methyl sites for hydroxylation is 2. The minimum atomic E-state index is -0.183. The van der Waals surface area contributed by atoms with Gasteiger partial charge in [-0.15, -0.1) is 0 Å². The van der Waals surface area contributed by atoms with Crippen LogP contribution in [0, 0.1) is 6.92 Å². The molecule has 0 aliphatic carbocycles. The van der Waals surface area contributed by atoms with E-state index in [1.54, 1.807) is 19.1 Å². The van der Waals surface area contributed by atoms with Crippen LogP contribution in [0.15, 0.2) is 33.3 Å². The molecule has 0 atom stereocenters. The summed E-state index contributed by atoms with van der Waals surface area (Å²) in [5.41, 5.74) is 1.25. The zero-order valence-corrected chi connectivity index (χ0v) is 15.2. The number of hydrogen-bond acceptors (Lipinski definition) is 7. The lowest BCUT2D eigenvalue weighted by Crippen LogP contribution is -2.14. The molecular formula is C18H21N5O3. The highest BCUT2D eigenvalue weighted by Gasteiger charge is 2.21. The Labute approximate surface area is 151 Å². The van der Waals surface area contributed by atoms with E-state index >= 15 is 0 Å². The predicted molar refractivity (Wildman–Crippen MR) is 94.4 cm³/mol. The van der Waals surface area contributed by atoms with E-state index < -0.39 is 0 Å². The lowest BCUT2D eigenvalue weighted by atomic mass is 9.96. The SMILES string of the molecule is Cc1nc(-c2cccc(NC(=O)CCc3nc(C(C)(C)C)no3)c2)no1. The molecule has 8 nitrogen and oxygen atoms in total. The van der Waals surface area contributed by atoms with Crippen molar-refractivity contribution in [2.75, 3.05) is 5.32 Å². The number of carbonyl (C=O) groups excluding carboxylic acids is 1. The molecule has 136 valence electrons. The topological polar surface area (TPSA) is 107 Å². The third-order valence-electron chi connectivity index (χ3n) is 3.64. The summed E-state index contributed by atoms with van der Waals surface area (Å²) in [6.07, 6.45) is 0.635. The minimum absolute atomic E-state index is 0.137. The molecule has 0 fully saturated rings. The lowest BCUT2D eigenvalue weighted by Gasteiger charge is -2.10. The number of rotatable bonds is 5. The van der Waals surface area contributed by atoms with Gasteiger partial charge in [-0.25, -0.2) is 0 Å². The fourth-order valence-corrected chi connectivity index (χ4v) is 2.26. The molecule has 0 spiro atoms. The van der Waals surface area contributed by atoms with Gasteiger partial charge in [0.2, 0.25) is 23.5 Å². The van der Waals surface area contributed by atoms with E-state index in [2.05, 4.69) is 25.6 Å². The Morgan fingerprint density at radius 2 is 1.96 bits per heavy atom. The molecule has 26 heavy (non-hydrogen) atoms. The van der Waals surface area contributed by atoms with Crippen LogP contribution in [-0.4, -0.2) is 26.2 Å². The van der Waals surface area contributed by atoms with E-state index in [9.17, 15) is 4.79 Å². The van der Waals surface area contributed by atoms with Crippen molar-refractivity contribution in [3.05, 3.63) is 41.9 Å². The standard InChI is InChI=1S/C18H21N5O3/c1-11-19-16(22-25-11)12-6-5-7-13(10-12)20-14(24)8-9-15-21-17(23-26-15)18(2,3)4/h5-7,10H,8-9H2,1-4H3,(H,20,24). The molecule has 3 rings (SSSR count). The van der Waals surface area contributed by atoms with Gasteiger partial charge in [0.05, 0.1) is 0 Å². The zero-order valence-electron chi connectivity index (χ0n) is 15.2. The van der Waals surface area contributed by atoms with E-state index in [-0.39, 0.29) is 17.7 Å². The summed E-state index contributed by atoms with van der Waals surface area (Å²) in [6.45, 7) is 7.75. The Bertz CT molecular complexity index is 907. The highest BCUT2D eigenvalue weighted by atomic mass is 16.5. The summed E-state index contributed by atoms with van der Waals surface area (Å²) in [5, 5.41) is 10.7. The summed E-state index contributed by atoms with van der Waals surface area (Å²) in [4.78, 5) is 20.7. The molecule has 0 bridgehead atoms. The van der Waals surface area contributed by atoms with Gasteiger partial charge in [0.1, 0.15) is 0 Å². The van der Waals surface area contributed by atoms with Crippen molar-refractivity contribution in [2.24, 2.45) is 0 Å². The average Bonchev–Trinajstić information content (AvgIpc) is 3.22. The van der Waals surface area contributed by atoms with Crippen LogP contribution in [0.5, 0.6) is 0 Å². The summed E-state index contributed by atoms with van der Waals surface area (Å²) >= 11 is 0. The molecule has 0 saturated heterocycles. The molecule has 0 saturated carbocycles.